The van der Waals surface area contributed by atoms with Crippen molar-refractivity contribution in [2.75, 3.05) is 12.4 Å². The van der Waals surface area contributed by atoms with Gasteiger partial charge in [-0.1, -0.05) is 35.9 Å². The average Bonchev–Trinajstić information content (AvgIpc) is 2.47. The topological polar surface area (TPSA) is 41.1 Å². The number of carbonyl (C=O) groups is 1. The lowest BCUT2D eigenvalue weighted by Crippen LogP contribution is -2.27. The summed E-state index contributed by atoms with van der Waals surface area (Å²) in [6, 6.07) is 14.8. The molecule has 0 spiro atoms. The summed E-state index contributed by atoms with van der Waals surface area (Å²) in [5.41, 5.74) is 2.42. The first-order valence-corrected chi connectivity index (χ1v) is 6.82. The molecule has 0 saturated heterocycles. The van der Waals surface area contributed by atoms with Crippen LogP contribution in [0.4, 0.5) is 5.69 Å². The standard InChI is InChI=1S/C16H17ClN2O/c1-11(12-6-5-7-13(17)10-12)19-16(20)14-8-3-4-9-15(14)18-2/h3-11,18H,1-2H3,(H,19,20)/t11-/m0/s1. The van der Waals surface area contributed by atoms with Crippen LogP contribution in [0.3, 0.4) is 0 Å². The molecule has 0 aliphatic rings. The van der Waals surface area contributed by atoms with Gasteiger partial charge in [-0.2, -0.15) is 0 Å². The molecular formula is C16H17ClN2O. The molecule has 0 aromatic heterocycles. The molecule has 0 bridgehead atoms. The van der Waals surface area contributed by atoms with E-state index in [1.807, 2.05) is 49.4 Å². The molecule has 0 unspecified atom stereocenters. The van der Waals surface area contributed by atoms with Crippen LogP contribution in [0.25, 0.3) is 0 Å². The highest BCUT2D eigenvalue weighted by Gasteiger charge is 2.14. The second-order valence-electron chi connectivity index (χ2n) is 4.55. The van der Waals surface area contributed by atoms with Gasteiger partial charge in [0.2, 0.25) is 0 Å². The lowest BCUT2D eigenvalue weighted by Gasteiger charge is -2.16. The number of carbonyl (C=O) groups excluding carboxylic acids is 1. The molecule has 0 aliphatic carbocycles. The number of hydrogen-bond donors (Lipinski definition) is 2. The van der Waals surface area contributed by atoms with Crippen molar-refractivity contribution in [1.29, 1.82) is 0 Å². The molecular weight excluding hydrogens is 272 g/mol. The molecule has 3 nitrogen and oxygen atoms in total. The molecule has 104 valence electrons. The maximum absolute atomic E-state index is 12.3. The van der Waals surface area contributed by atoms with E-state index >= 15 is 0 Å². The van der Waals surface area contributed by atoms with Crippen LogP contribution in [0.15, 0.2) is 48.5 Å². The summed E-state index contributed by atoms with van der Waals surface area (Å²) < 4.78 is 0. The molecule has 1 amide bonds. The number of benzene rings is 2. The first-order valence-electron chi connectivity index (χ1n) is 6.45. The zero-order valence-corrected chi connectivity index (χ0v) is 12.2. The lowest BCUT2D eigenvalue weighted by atomic mass is 10.1. The third-order valence-electron chi connectivity index (χ3n) is 3.14. The molecule has 0 fully saturated rings. The van der Waals surface area contributed by atoms with Crippen molar-refractivity contribution < 1.29 is 4.79 Å². The fourth-order valence-electron chi connectivity index (χ4n) is 2.03. The second-order valence-corrected chi connectivity index (χ2v) is 4.98. The fraction of sp³-hybridized carbons (Fsp3) is 0.188. The maximum atomic E-state index is 12.3. The average molecular weight is 289 g/mol. The molecule has 20 heavy (non-hydrogen) atoms. The van der Waals surface area contributed by atoms with Gasteiger partial charge in [0.25, 0.3) is 5.91 Å². The fourth-order valence-corrected chi connectivity index (χ4v) is 2.23. The Morgan fingerprint density at radius 1 is 1.15 bits per heavy atom. The van der Waals surface area contributed by atoms with Crippen LogP contribution in [0.5, 0.6) is 0 Å². The SMILES string of the molecule is CNc1ccccc1C(=O)N[C@@H](C)c1cccc(Cl)c1. The van der Waals surface area contributed by atoms with Gasteiger partial charge in [-0.25, -0.2) is 0 Å². The van der Waals surface area contributed by atoms with E-state index in [1.54, 1.807) is 13.1 Å². The number of hydrogen-bond acceptors (Lipinski definition) is 2. The quantitative estimate of drug-likeness (QED) is 0.896. The zero-order chi connectivity index (χ0) is 14.5. The van der Waals surface area contributed by atoms with Crippen LogP contribution in [-0.4, -0.2) is 13.0 Å². The van der Waals surface area contributed by atoms with Gasteiger partial charge in [-0.15, -0.1) is 0 Å². The Bertz CT molecular complexity index is 613. The number of amides is 1. The van der Waals surface area contributed by atoms with E-state index in [4.69, 9.17) is 11.6 Å². The highest BCUT2D eigenvalue weighted by Crippen LogP contribution is 2.19. The van der Waals surface area contributed by atoms with Crippen molar-refractivity contribution in [3.63, 3.8) is 0 Å². The van der Waals surface area contributed by atoms with Crippen LogP contribution in [0.2, 0.25) is 5.02 Å². The van der Waals surface area contributed by atoms with Gasteiger partial charge in [0, 0.05) is 17.8 Å². The number of anilines is 1. The summed E-state index contributed by atoms with van der Waals surface area (Å²) in [6.07, 6.45) is 0. The Labute approximate surface area is 124 Å². The third kappa shape index (κ3) is 3.31. The van der Waals surface area contributed by atoms with Crippen molar-refractivity contribution in [3.05, 3.63) is 64.7 Å². The molecule has 0 aliphatic heterocycles. The van der Waals surface area contributed by atoms with Gasteiger partial charge in [0.1, 0.15) is 0 Å². The second kappa shape index (κ2) is 6.44. The molecule has 0 saturated carbocycles. The molecule has 0 radical (unpaired) electrons. The molecule has 2 N–H and O–H groups in total. The molecule has 1 atom stereocenters. The van der Waals surface area contributed by atoms with Gasteiger partial charge in [0.15, 0.2) is 0 Å². The van der Waals surface area contributed by atoms with E-state index in [0.717, 1.165) is 11.3 Å². The number of para-hydroxylation sites is 1. The van der Waals surface area contributed by atoms with E-state index in [2.05, 4.69) is 10.6 Å². The minimum absolute atomic E-state index is 0.105. The molecule has 2 aromatic carbocycles. The summed E-state index contributed by atoms with van der Waals surface area (Å²) >= 11 is 5.97. The predicted octanol–water partition coefficient (Wildman–Crippen LogP) is 3.87. The Morgan fingerprint density at radius 3 is 2.60 bits per heavy atom. The van der Waals surface area contributed by atoms with Crippen molar-refractivity contribution in [1.82, 2.24) is 5.32 Å². The Morgan fingerprint density at radius 2 is 1.90 bits per heavy atom. The first kappa shape index (κ1) is 14.4. The van der Waals surface area contributed by atoms with Crippen molar-refractivity contribution in [2.45, 2.75) is 13.0 Å². The monoisotopic (exact) mass is 288 g/mol. The van der Waals surface area contributed by atoms with Crippen LogP contribution in [0.1, 0.15) is 28.9 Å². The smallest absolute Gasteiger partial charge is 0.253 e. The van der Waals surface area contributed by atoms with Crippen LogP contribution >= 0.6 is 11.6 Å². The normalized spacial score (nSPS) is 11.8. The van der Waals surface area contributed by atoms with E-state index in [-0.39, 0.29) is 11.9 Å². The summed E-state index contributed by atoms with van der Waals surface area (Å²) in [4.78, 5) is 12.3. The summed E-state index contributed by atoms with van der Waals surface area (Å²) in [5, 5.41) is 6.66. The molecule has 2 rings (SSSR count). The molecule has 0 heterocycles. The van der Waals surface area contributed by atoms with Gasteiger partial charge < -0.3 is 10.6 Å². The van der Waals surface area contributed by atoms with Gasteiger partial charge in [-0.3, -0.25) is 4.79 Å². The van der Waals surface area contributed by atoms with Crippen LogP contribution in [0, 0.1) is 0 Å². The largest absolute Gasteiger partial charge is 0.387 e. The van der Waals surface area contributed by atoms with Gasteiger partial charge in [-0.05, 0) is 36.8 Å². The minimum atomic E-state index is -0.109. The van der Waals surface area contributed by atoms with Gasteiger partial charge >= 0.3 is 0 Å². The highest BCUT2D eigenvalue weighted by molar-refractivity contribution is 6.30. The van der Waals surface area contributed by atoms with Crippen LogP contribution in [-0.2, 0) is 0 Å². The van der Waals surface area contributed by atoms with E-state index in [9.17, 15) is 4.79 Å². The van der Waals surface area contributed by atoms with Gasteiger partial charge in [0.05, 0.1) is 11.6 Å². The number of nitrogens with one attached hydrogen (secondary N) is 2. The Kier molecular flexibility index (Phi) is 4.64. The van der Waals surface area contributed by atoms with Crippen molar-refractivity contribution in [2.24, 2.45) is 0 Å². The Balaban J connectivity index is 2.15. The Hall–Kier alpha value is -2.00. The van der Waals surface area contributed by atoms with E-state index in [0.29, 0.717) is 10.6 Å². The molecule has 4 heteroatoms. The summed E-state index contributed by atoms with van der Waals surface area (Å²) in [6.45, 7) is 1.94. The zero-order valence-electron chi connectivity index (χ0n) is 11.5. The lowest BCUT2D eigenvalue weighted by molar-refractivity contribution is 0.0940. The minimum Gasteiger partial charge on any atom is -0.387 e. The highest BCUT2D eigenvalue weighted by atomic mass is 35.5. The summed E-state index contributed by atoms with van der Waals surface area (Å²) in [5.74, 6) is -0.109. The first-order chi connectivity index (χ1) is 9.61. The van der Waals surface area contributed by atoms with E-state index < -0.39 is 0 Å². The number of halogens is 1. The maximum Gasteiger partial charge on any atom is 0.253 e. The van der Waals surface area contributed by atoms with Crippen molar-refractivity contribution in [3.8, 4) is 0 Å². The van der Waals surface area contributed by atoms with Crippen LogP contribution < -0.4 is 10.6 Å². The van der Waals surface area contributed by atoms with Crippen molar-refractivity contribution >= 4 is 23.2 Å². The third-order valence-corrected chi connectivity index (χ3v) is 3.37. The number of rotatable bonds is 4. The molecule has 2 aromatic rings. The predicted molar refractivity (Wildman–Crippen MR) is 83.3 cm³/mol. The van der Waals surface area contributed by atoms with E-state index in [1.165, 1.54) is 0 Å². The summed E-state index contributed by atoms with van der Waals surface area (Å²) in [7, 11) is 1.80.